The molecule has 2 aliphatic heterocycles. The van der Waals surface area contributed by atoms with Crippen molar-refractivity contribution in [1.82, 2.24) is 0 Å². The first-order chi connectivity index (χ1) is 16.4. The second-order valence-electron chi connectivity index (χ2n) is 8.40. The molecule has 206 valence electrons. The molecule has 16 heteroatoms. The fourth-order valence-corrected chi connectivity index (χ4v) is 3.57. The van der Waals surface area contributed by atoms with Crippen molar-refractivity contribution in [2.24, 2.45) is 0 Å². The van der Waals surface area contributed by atoms with Crippen molar-refractivity contribution in [3.05, 3.63) is 0 Å². The topological polar surface area (TPSA) is 277 Å². The van der Waals surface area contributed by atoms with E-state index in [9.17, 15) is 61.0 Å². The lowest BCUT2D eigenvalue weighted by molar-refractivity contribution is -0.333. The molecule has 0 aliphatic carbocycles. The fraction of sp³-hybridized carbons (Fsp3) is 0.947. The van der Waals surface area contributed by atoms with Gasteiger partial charge in [0.2, 0.25) is 0 Å². The van der Waals surface area contributed by atoms with E-state index in [1.165, 1.54) is 0 Å². The summed E-state index contributed by atoms with van der Waals surface area (Å²) in [4.78, 5) is 10.4. The fourth-order valence-electron chi connectivity index (χ4n) is 3.57. The maximum atomic E-state index is 10.4. The average Bonchev–Trinajstić information content (AvgIpc) is 2.84. The largest absolute Gasteiger partial charge is 0.394 e. The maximum Gasteiger partial charge on any atom is 0.186 e. The van der Waals surface area contributed by atoms with E-state index in [2.05, 4.69) is 0 Å². The maximum absolute atomic E-state index is 10.4. The zero-order chi connectivity index (χ0) is 26.4. The summed E-state index contributed by atoms with van der Waals surface area (Å²) in [5.74, 6) is 0. The lowest BCUT2D eigenvalue weighted by atomic mass is 9.98. The van der Waals surface area contributed by atoms with E-state index in [4.69, 9.17) is 18.9 Å². The van der Waals surface area contributed by atoms with Crippen LogP contribution in [0.25, 0.3) is 0 Å². The lowest BCUT2D eigenvalue weighted by Crippen LogP contribution is -2.62. The number of ether oxygens (including phenoxy) is 4. The van der Waals surface area contributed by atoms with Crippen molar-refractivity contribution in [3.8, 4) is 0 Å². The molecule has 2 fully saturated rings. The van der Waals surface area contributed by atoms with Crippen LogP contribution in [0.3, 0.4) is 0 Å². The molecule has 0 amide bonds. The summed E-state index contributed by atoms with van der Waals surface area (Å²) in [6.45, 7) is -2.09. The van der Waals surface area contributed by atoms with Gasteiger partial charge in [-0.05, 0) is 0 Å². The van der Waals surface area contributed by atoms with E-state index in [1.54, 1.807) is 0 Å². The third-order valence-electron chi connectivity index (χ3n) is 5.85. The molecule has 0 aromatic rings. The number of rotatable bonds is 12. The van der Waals surface area contributed by atoms with Gasteiger partial charge in [-0.1, -0.05) is 0 Å². The summed E-state index contributed by atoms with van der Waals surface area (Å²) >= 11 is 0. The molecule has 16 nitrogen and oxygen atoms in total. The second kappa shape index (κ2) is 13.6. The summed E-state index contributed by atoms with van der Waals surface area (Å²) < 4.78 is 20.9. The molecule has 0 radical (unpaired) electrons. The highest BCUT2D eigenvalue weighted by Crippen LogP contribution is 2.26. The molecule has 11 N–H and O–H groups in total. The SMILES string of the molecule is O=CCC(O)C(O)C(O)C(O)COC1OC(COC2OC(CO)C(O)C(O)C2O)C(O)C(O)C1O. The van der Waals surface area contributed by atoms with Crippen molar-refractivity contribution < 1.29 is 79.9 Å². The van der Waals surface area contributed by atoms with Gasteiger partial charge in [-0.15, -0.1) is 0 Å². The van der Waals surface area contributed by atoms with Crippen molar-refractivity contribution in [3.63, 3.8) is 0 Å². The lowest BCUT2D eigenvalue weighted by Gasteiger charge is -2.42. The zero-order valence-corrected chi connectivity index (χ0v) is 18.4. The Balaban J connectivity index is 1.95. The van der Waals surface area contributed by atoms with Crippen LogP contribution in [0.4, 0.5) is 0 Å². The second-order valence-corrected chi connectivity index (χ2v) is 8.40. The monoisotopic (exact) mass is 518 g/mol. The summed E-state index contributed by atoms with van der Waals surface area (Å²) in [6.07, 6.45) is -23.9. The predicted molar refractivity (Wildman–Crippen MR) is 107 cm³/mol. The highest BCUT2D eigenvalue weighted by Gasteiger charge is 2.47. The van der Waals surface area contributed by atoms with Crippen LogP contribution in [0.5, 0.6) is 0 Å². The average molecular weight is 518 g/mol. The van der Waals surface area contributed by atoms with Crippen LogP contribution >= 0.6 is 0 Å². The Kier molecular flexibility index (Phi) is 11.7. The summed E-state index contributed by atoms with van der Waals surface area (Å²) in [7, 11) is 0. The molecule has 2 aliphatic rings. The minimum atomic E-state index is -1.95. The number of hydrogen-bond acceptors (Lipinski definition) is 16. The highest BCUT2D eigenvalue weighted by molar-refractivity contribution is 5.50. The molecular weight excluding hydrogens is 484 g/mol. The van der Waals surface area contributed by atoms with Gasteiger partial charge < -0.3 is 79.9 Å². The number of aliphatic hydroxyl groups excluding tert-OH is 11. The summed E-state index contributed by atoms with van der Waals surface area (Å²) in [5.41, 5.74) is 0. The Morgan fingerprint density at radius 3 is 1.71 bits per heavy atom. The van der Waals surface area contributed by atoms with Crippen LogP contribution in [0.15, 0.2) is 0 Å². The van der Waals surface area contributed by atoms with Gasteiger partial charge in [-0.2, -0.15) is 0 Å². The van der Waals surface area contributed by atoms with Crippen molar-refractivity contribution >= 4 is 6.29 Å². The van der Waals surface area contributed by atoms with Gasteiger partial charge in [0.25, 0.3) is 0 Å². The first-order valence-electron chi connectivity index (χ1n) is 10.8. The Labute approximate surface area is 199 Å². The molecule has 0 aromatic heterocycles. The van der Waals surface area contributed by atoms with Crippen LogP contribution in [0.2, 0.25) is 0 Å². The van der Waals surface area contributed by atoms with Crippen LogP contribution in [0.1, 0.15) is 6.42 Å². The van der Waals surface area contributed by atoms with Gasteiger partial charge in [0.15, 0.2) is 12.6 Å². The van der Waals surface area contributed by atoms with Crippen LogP contribution in [0, 0.1) is 0 Å². The van der Waals surface area contributed by atoms with Gasteiger partial charge in [-0.3, -0.25) is 0 Å². The van der Waals surface area contributed by atoms with Gasteiger partial charge >= 0.3 is 0 Å². The van der Waals surface area contributed by atoms with Crippen molar-refractivity contribution in [2.75, 3.05) is 19.8 Å². The van der Waals surface area contributed by atoms with E-state index in [1.807, 2.05) is 0 Å². The van der Waals surface area contributed by atoms with Gasteiger partial charge in [0.05, 0.1) is 25.9 Å². The van der Waals surface area contributed by atoms with E-state index in [-0.39, 0.29) is 0 Å². The van der Waals surface area contributed by atoms with E-state index < -0.39 is 112 Å². The van der Waals surface area contributed by atoms with Crippen molar-refractivity contribution in [2.45, 2.75) is 92.2 Å². The molecule has 2 rings (SSSR count). The Bertz CT molecular complexity index is 638. The predicted octanol–water partition coefficient (Wildman–Crippen LogP) is -7.34. The summed E-state index contributed by atoms with van der Waals surface area (Å²) in [5, 5.41) is 108. The standard InChI is InChI=1S/C19H34O16/c20-2-1-6(22)10(24)11(25)7(23)4-32-18-17(31)15(29)13(27)9(35-18)5-33-19-16(30)14(28)12(26)8(3-21)34-19/h2,6-19,21-31H,1,3-5H2. The molecular formula is C19H34O16. The van der Waals surface area contributed by atoms with Gasteiger partial charge in [-0.25, -0.2) is 0 Å². The number of carbonyl (C=O) groups excluding carboxylic acids is 1. The number of carbonyl (C=O) groups is 1. The molecule has 14 unspecified atom stereocenters. The van der Waals surface area contributed by atoms with E-state index in [0.29, 0.717) is 6.29 Å². The quantitative estimate of drug-likeness (QED) is 0.107. The molecule has 0 bridgehead atoms. The van der Waals surface area contributed by atoms with Crippen LogP contribution in [-0.4, -0.2) is 168 Å². The first kappa shape index (κ1) is 30.3. The Morgan fingerprint density at radius 1 is 0.686 bits per heavy atom. The summed E-state index contributed by atoms with van der Waals surface area (Å²) in [6, 6.07) is 0. The van der Waals surface area contributed by atoms with Crippen LogP contribution in [-0.2, 0) is 23.7 Å². The molecule has 2 saturated heterocycles. The molecule has 14 atom stereocenters. The smallest absolute Gasteiger partial charge is 0.186 e. The van der Waals surface area contributed by atoms with Crippen molar-refractivity contribution in [1.29, 1.82) is 0 Å². The molecule has 2 heterocycles. The Morgan fingerprint density at radius 2 is 1.17 bits per heavy atom. The third kappa shape index (κ3) is 7.31. The Hall–Kier alpha value is -0.930. The molecule has 0 spiro atoms. The van der Waals surface area contributed by atoms with Crippen LogP contribution < -0.4 is 0 Å². The van der Waals surface area contributed by atoms with Gasteiger partial charge in [0, 0.05) is 6.42 Å². The normalized spacial score (nSPS) is 41.7. The highest BCUT2D eigenvalue weighted by atomic mass is 16.7. The van der Waals surface area contributed by atoms with E-state index >= 15 is 0 Å². The first-order valence-corrected chi connectivity index (χ1v) is 10.8. The minimum absolute atomic E-state index is 0.300. The molecule has 35 heavy (non-hydrogen) atoms. The molecule has 0 saturated carbocycles. The molecule has 0 aromatic carbocycles. The number of aliphatic hydroxyl groups is 11. The third-order valence-corrected chi connectivity index (χ3v) is 5.85. The number of aldehydes is 1. The van der Waals surface area contributed by atoms with Gasteiger partial charge in [0.1, 0.15) is 73.4 Å². The minimum Gasteiger partial charge on any atom is -0.394 e. The number of hydrogen-bond donors (Lipinski definition) is 11. The zero-order valence-electron chi connectivity index (χ0n) is 18.4. The van der Waals surface area contributed by atoms with E-state index in [0.717, 1.165) is 0 Å².